The molecule has 4 N–H and O–H groups in total. The van der Waals surface area contributed by atoms with E-state index in [4.69, 9.17) is 5.73 Å². The molecule has 2 saturated heterocycles. The number of amides is 4. The van der Waals surface area contributed by atoms with E-state index in [1.165, 1.54) is 0 Å². The number of carbonyl (C=O) groups is 3. The summed E-state index contributed by atoms with van der Waals surface area (Å²) in [6.45, 7) is 0.738. The van der Waals surface area contributed by atoms with E-state index in [1.54, 1.807) is 4.90 Å². The van der Waals surface area contributed by atoms with Gasteiger partial charge in [0.05, 0.1) is 6.54 Å². The summed E-state index contributed by atoms with van der Waals surface area (Å²) in [4.78, 5) is 37.1. The zero-order chi connectivity index (χ0) is 14.4. The molecule has 3 aliphatic rings. The highest BCUT2D eigenvalue weighted by atomic mass is 16.2. The molecule has 4 amide bonds. The van der Waals surface area contributed by atoms with Crippen LogP contribution in [0.25, 0.3) is 0 Å². The van der Waals surface area contributed by atoms with Crippen LogP contribution < -0.4 is 16.4 Å². The number of likely N-dealkylation sites (tertiary alicyclic amines) is 1. The van der Waals surface area contributed by atoms with Gasteiger partial charge in [-0.3, -0.25) is 14.9 Å². The quantitative estimate of drug-likeness (QED) is 0.591. The monoisotopic (exact) mass is 280 g/mol. The number of imide groups is 1. The molecule has 0 aromatic heterocycles. The molecular weight excluding hydrogens is 260 g/mol. The number of urea groups is 1. The highest BCUT2D eigenvalue weighted by Crippen LogP contribution is 2.32. The van der Waals surface area contributed by atoms with Gasteiger partial charge in [-0.2, -0.15) is 0 Å². The number of nitrogens with one attached hydrogen (secondary N) is 2. The molecule has 3 fully saturated rings. The fraction of sp³-hybridized carbons (Fsp3) is 0.769. The smallest absolute Gasteiger partial charge is 0.322 e. The molecule has 0 radical (unpaired) electrons. The number of hydrogen-bond acceptors (Lipinski definition) is 4. The standard InChI is InChI=1S/C13H20N4O3/c14-12(3-1-2-4-12)7-9(18)17-6-5-13(8-17)10(19)15-11(20)16-13/h1-8,14H2,(H2,15,16,19,20). The van der Waals surface area contributed by atoms with Crippen LogP contribution in [0.4, 0.5) is 4.79 Å². The van der Waals surface area contributed by atoms with E-state index in [-0.39, 0.29) is 23.9 Å². The normalized spacial score (nSPS) is 31.8. The largest absolute Gasteiger partial charge is 0.340 e. The third-order valence-corrected chi connectivity index (χ3v) is 4.74. The van der Waals surface area contributed by atoms with Crippen LogP contribution in [0.1, 0.15) is 38.5 Å². The van der Waals surface area contributed by atoms with Crippen molar-refractivity contribution < 1.29 is 14.4 Å². The molecule has 2 aliphatic heterocycles. The van der Waals surface area contributed by atoms with E-state index in [2.05, 4.69) is 10.6 Å². The van der Waals surface area contributed by atoms with Crippen LogP contribution in [-0.4, -0.2) is 46.9 Å². The zero-order valence-electron chi connectivity index (χ0n) is 11.4. The molecule has 3 rings (SSSR count). The summed E-state index contributed by atoms with van der Waals surface area (Å²) in [5.41, 5.74) is 4.92. The lowest BCUT2D eigenvalue weighted by Gasteiger charge is -2.27. The maximum atomic E-state index is 12.3. The Morgan fingerprint density at radius 1 is 1.25 bits per heavy atom. The minimum absolute atomic E-state index is 0.0137. The van der Waals surface area contributed by atoms with Crippen molar-refractivity contribution in [2.75, 3.05) is 13.1 Å². The maximum Gasteiger partial charge on any atom is 0.322 e. The second kappa shape index (κ2) is 4.44. The number of nitrogens with two attached hydrogens (primary N) is 1. The minimum Gasteiger partial charge on any atom is -0.340 e. The molecule has 0 bridgehead atoms. The first-order valence-corrected chi connectivity index (χ1v) is 7.13. The van der Waals surface area contributed by atoms with Crippen LogP contribution >= 0.6 is 0 Å². The van der Waals surface area contributed by atoms with Crippen molar-refractivity contribution in [3.05, 3.63) is 0 Å². The second-order valence-electron chi connectivity index (χ2n) is 6.30. The summed E-state index contributed by atoms with van der Waals surface area (Å²) < 4.78 is 0. The van der Waals surface area contributed by atoms with E-state index in [0.29, 0.717) is 19.4 Å². The van der Waals surface area contributed by atoms with Crippen LogP contribution in [0.5, 0.6) is 0 Å². The molecule has 1 aliphatic carbocycles. The fourth-order valence-electron chi connectivity index (χ4n) is 3.51. The molecule has 20 heavy (non-hydrogen) atoms. The van der Waals surface area contributed by atoms with E-state index in [0.717, 1.165) is 25.7 Å². The predicted molar refractivity (Wildman–Crippen MR) is 70.6 cm³/mol. The van der Waals surface area contributed by atoms with E-state index in [1.807, 2.05) is 0 Å². The van der Waals surface area contributed by atoms with Gasteiger partial charge in [0.1, 0.15) is 5.54 Å². The van der Waals surface area contributed by atoms with Gasteiger partial charge < -0.3 is 16.0 Å². The summed E-state index contributed by atoms with van der Waals surface area (Å²) in [5.74, 6) is -0.346. The third kappa shape index (κ3) is 2.15. The molecule has 1 atom stereocenters. The Balaban J connectivity index is 1.64. The van der Waals surface area contributed by atoms with Crippen LogP contribution in [-0.2, 0) is 9.59 Å². The zero-order valence-corrected chi connectivity index (χ0v) is 11.4. The van der Waals surface area contributed by atoms with Crippen LogP contribution in [0.3, 0.4) is 0 Å². The van der Waals surface area contributed by atoms with Crippen molar-refractivity contribution in [3.8, 4) is 0 Å². The van der Waals surface area contributed by atoms with Gasteiger partial charge in [0.2, 0.25) is 5.91 Å². The fourth-order valence-corrected chi connectivity index (χ4v) is 3.51. The Bertz CT molecular complexity index is 472. The SMILES string of the molecule is NC1(CC(=O)N2CCC3(C2)NC(=O)NC3=O)CCCC1. The Morgan fingerprint density at radius 3 is 2.55 bits per heavy atom. The van der Waals surface area contributed by atoms with Gasteiger partial charge in [-0.25, -0.2) is 4.79 Å². The summed E-state index contributed by atoms with van der Waals surface area (Å²) in [6, 6.07) is -0.476. The Morgan fingerprint density at radius 2 is 1.95 bits per heavy atom. The van der Waals surface area contributed by atoms with E-state index in [9.17, 15) is 14.4 Å². The second-order valence-corrected chi connectivity index (χ2v) is 6.30. The lowest BCUT2D eigenvalue weighted by molar-refractivity contribution is -0.132. The number of rotatable bonds is 2. The first kappa shape index (κ1) is 13.4. The van der Waals surface area contributed by atoms with Gasteiger partial charge in [-0.05, 0) is 19.3 Å². The summed E-state index contributed by atoms with van der Waals surface area (Å²) in [6.07, 6.45) is 4.72. The average Bonchev–Trinajstić information content (AvgIpc) is 3.02. The number of carbonyl (C=O) groups excluding carboxylic acids is 3. The highest BCUT2D eigenvalue weighted by molar-refractivity contribution is 6.07. The lowest BCUT2D eigenvalue weighted by Crippen LogP contribution is -2.50. The van der Waals surface area contributed by atoms with Gasteiger partial charge in [0.25, 0.3) is 5.91 Å². The molecule has 7 heteroatoms. The third-order valence-electron chi connectivity index (χ3n) is 4.74. The topological polar surface area (TPSA) is 105 Å². The summed E-state index contributed by atoms with van der Waals surface area (Å²) in [5, 5.41) is 4.88. The van der Waals surface area contributed by atoms with Crippen LogP contribution in [0, 0.1) is 0 Å². The molecule has 110 valence electrons. The first-order valence-electron chi connectivity index (χ1n) is 7.13. The van der Waals surface area contributed by atoms with Crippen molar-refractivity contribution in [2.45, 2.75) is 49.6 Å². The van der Waals surface area contributed by atoms with Crippen LogP contribution in [0.15, 0.2) is 0 Å². The molecule has 0 aromatic carbocycles. The van der Waals surface area contributed by atoms with Crippen molar-refractivity contribution in [3.63, 3.8) is 0 Å². The van der Waals surface area contributed by atoms with E-state index >= 15 is 0 Å². The molecule has 0 aromatic rings. The molecule has 1 unspecified atom stereocenters. The van der Waals surface area contributed by atoms with Crippen molar-refractivity contribution in [1.29, 1.82) is 0 Å². The molecule has 7 nitrogen and oxygen atoms in total. The molecular formula is C13H20N4O3. The van der Waals surface area contributed by atoms with Gasteiger partial charge in [-0.15, -0.1) is 0 Å². The summed E-state index contributed by atoms with van der Waals surface area (Å²) in [7, 11) is 0. The molecule has 1 saturated carbocycles. The minimum atomic E-state index is -0.926. The predicted octanol–water partition coefficient (Wildman–Crippen LogP) is -0.541. The average molecular weight is 280 g/mol. The van der Waals surface area contributed by atoms with Gasteiger partial charge in [0, 0.05) is 18.5 Å². The van der Waals surface area contributed by atoms with Gasteiger partial charge >= 0.3 is 6.03 Å². The summed E-state index contributed by atoms with van der Waals surface area (Å²) >= 11 is 0. The van der Waals surface area contributed by atoms with Gasteiger partial charge in [-0.1, -0.05) is 12.8 Å². The Labute approximate surface area is 117 Å². The first-order chi connectivity index (χ1) is 9.42. The van der Waals surface area contributed by atoms with Crippen molar-refractivity contribution in [1.82, 2.24) is 15.5 Å². The lowest BCUT2D eigenvalue weighted by atomic mass is 9.94. The number of nitrogens with zero attached hydrogens (tertiary/aromatic N) is 1. The van der Waals surface area contributed by atoms with Crippen molar-refractivity contribution >= 4 is 17.8 Å². The number of hydrogen-bond donors (Lipinski definition) is 3. The molecule has 2 heterocycles. The van der Waals surface area contributed by atoms with E-state index < -0.39 is 11.6 Å². The maximum absolute atomic E-state index is 12.3. The Kier molecular flexibility index (Phi) is 2.97. The van der Waals surface area contributed by atoms with Gasteiger partial charge in [0.15, 0.2) is 0 Å². The van der Waals surface area contributed by atoms with Crippen LogP contribution in [0.2, 0.25) is 0 Å². The van der Waals surface area contributed by atoms with Crippen molar-refractivity contribution in [2.24, 2.45) is 5.73 Å². The Hall–Kier alpha value is -1.63. The highest BCUT2D eigenvalue weighted by Gasteiger charge is 2.52. The molecule has 1 spiro atoms.